The number of anilines is 4. The summed E-state index contributed by atoms with van der Waals surface area (Å²) in [6.07, 6.45) is 3.57. The number of hydrogen-bond acceptors (Lipinski definition) is 6. The minimum absolute atomic E-state index is 0.0140. The molecule has 0 spiro atoms. The average molecular weight is 590 g/mol. The summed E-state index contributed by atoms with van der Waals surface area (Å²) in [5, 5.41) is 20.6. The molecule has 0 aromatic heterocycles. The van der Waals surface area contributed by atoms with E-state index in [2.05, 4.69) is 56.2 Å². The van der Waals surface area contributed by atoms with Crippen molar-refractivity contribution in [3.8, 4) is 0 Å². The van der Waals surface area contributed by atoms with Gasteiger partial charge in [-0.1, -0.05) is 27.2 Å². The summed E-state index contributed by atoms with van der Waals surface area (Å²) in [4.78, 5) is 12.8. The van der Waals surface area contributed by atoms with Crippen LogP contribution in [0.3, 0.4) is 0 Å². The average Bonchev–Trinajstić information content (AvgIpc) is 2.79. The number of aliphatic hydroxyl groups excluding tert-OH is 2. The standard InChI is InChI=1S/C12H19N3O3.C10H13Br2N.C2H6/c1-9(18)14-12-8-10(2-3-11(12)13)15(4-6-16)5-7-17;1-2-3-4-7-5-8(11)10(13)9(12)6-7;1-2/h2-3,8,16-17H,4-7,13H2,1H3,(H,14,18);5-6H,2-4,13H2,1H3;1-2H3. The molecule has 0 aliphatic carbocycles. The third-order valence-electron chi connectivity index (χ3n) is 4.41. The maximum atomic E-state index is 11.0. The zero-order valence-corrected chi connectivity index (χ0v) is 23.2. The lowest BCUT2D eigenvalue weighted by molar-refractivity contribution is -0.114. The number of nitrogen functional groups attached to an aromatic ring is 2. The van der Waals surface area contributed by atoms with Crippen LogP contribution in [0.1, 0.15) is 46.1 Å². The van der Waals surface area contributed by atoms with Gasteiger partial charge in [0.05, 0.1) is 30.3 Å². The molecule has 0 bridgehead atoms. The molecule has 186 valence electrons. The Balaban J connectivity index is 0.000000602. The van der Waals surface area contributed by atoms with Gasteiger partial charge >= 0.3 is 0 Å². The molecule has 7 nitrogen and oxygen atoms in total. The summed E-state index contributed by atoms with van der Waals surface area (Å²) in [5.74, 6) is -0.199. The number of aliphatic hydroxyl groups is 2. The number of rotatable bonds is 9. The lowest BCUT2D eigenvalue weighted by Crippen LogP contribution is -2.29. The molecule has 0 saturated heterocycles. The maximum absolute atomic E-state index is 11.0. The molecular weight excluding hydrogens is 552 g/mol. The van der Waals surface area contributed by atoms with Crippen molar-refractivity contribution < 1.29 is 15.0 Å². The monoisotopic (exact) mass is 588 g/mol. The second kappa shape index (κ2) is 17.6. The highest BCUT2D eigenvalue weighted by Gasteiger charge is 2.09. The fourth-order valence-electron chi connectivity index (χ4n) is 2.81. The van der Waals surface area contributed by atoms with Gasteiger partial charge in [0, 0.05) is 34.6 Å². The highest BCUT2D eigenvalue weighted by Crippen LogP contribution is 2.30. The number of amides is 1. The number of carbonyl (C=O) groups is 1. The lowest BCUT2D eigenvalue weighted by Gasteiger charge is -2.24. The Morgan fingerprint density at radius 3 is 2.03 bits per heavy atom. The van der Waals surface area contributed by atoms with Crippen LogP contribution in [0.4, 0.5) is 22.7 Å². The molecule has 33 heavy (non-hydrogen) atoms. The Bertz CT molecular complexity index is 821. The van der Waals surface area contributed by atoms with E-state index in [4.69, 9.17) is 21.7 Å². The van der Waals surface area contributed by atoms with Gasteiger partial charge in [0.2, 0.25) is 5.91 Å². The predicted molar refractivity (Wildman–Crippen MR) is 148 cm³/mol. The summed E-state index contributed by atoms with van der Waals surface area (Å²) in [6.45, 7) is 8.39. The van der Waals surface area contributed by atoms with Crippen LogP contribution >= 0.6 is 31.9 Å². The molecule has 0 radical (unpaired) electrons. The summed E-state index contributed by atoms with van der Waals surface area (Å²) >= 11 is 6.87. The van der Waals surface area contributed by atoms with E-state index in [1.807, 2.05) is 18.7 Å². The van der Waals surface area contributed by atoms with Crippen LogP contribution in [-0.2, 0) is 11.2 Å². The largest absolute Gasteiger partial charge is 0.397 e. The molecule has 2 aromatic carbocycles. The number of hydrogen-bond donors (Lipinski definition) is 5. The summed E-state index contributed by atoms with van der Waals surface area (Å²) < 4.78 is 1.96. The van der Waals surface area contributed by atoms with E-state index < -0.39 is 0 Å². The van der Waals surface area contributed by atoms with Crippen LogP contribution in [0.5, 0.6) is 0 Å². The van der Waals surface area contributed by atoms with Gasteiger partial charge in [-0.15, -0.1) is 0 Å². The van der Waals surface area contributed by atoms with Gasteiger partial charge in [0.15, 0.2) is 0 Å². The minimum atomic E-state index is -0.199. The first-order valence-electron chi connectivity index (χ1n) is 11.1. The zero-order valence-electron chi connectivity index (χ0n) is 20.0. The number of carbonyl (C=O) groups excluding carboxylic acids is 1. The van der Waals surface area contributed by atoms with Crippen molar-refractivity contribution in [2.24, 2.45) is 0 Å². The first-order valence-corrected chi connectivity index (χ1v) is 12.7. The predicted octanol–water partition coefficient (Wildman–Crippen LogP) is 5.18. The number of benzene rings is 2. The van der Waals surface area contributed by atoms with E-state index in [9.17, 15) is 4.79 Å². The molecule has 9 heteroatoms. The molecule has 7 N–H and O–H groups in total. The fraction of sp³-hybridized carbons (Fsp3) is 0.458. The maximum Gasteiger partial charge on any atom is 0.221 e. The Morgan fingerprint density at radius 1 is 1.03 bits per heavy atom. The first-order chi connectivity index (χ1) is 15.7. The Hall–Kier alpha value is -1.81. The zero-order chi connectivity index (χ0) is 25.4. The van der Waals surface area contributed by atoms with Gasteiger partial charge < -0.3 is 31.9 Å². The molecule has 1 amide bonds. The van der Waals surface area contributed by atoms with Crippen LogP contribution in [-0.4, -0.2) is 42.4 Å². The van der Waals surface area contributed by atoms with Crippen LogP contribution in [0.2, 0.25) is 0 Å². The van der Waals surface area contributed by atoms with E-state index in [1.165, 1.54) is 25.3 Å². The van der Waals surface area contributed by atoms with Gasteiger partial charge in [0.1, 0.15) is 0 Å². The Labute approximate surface area is 214 Å². The molecule has 0 unspecified atom stereocenters. The van der Waals surface area contributed by atoms with Crippen molar-refractivity contribution in [1.29, 1.82) is 0 Å². The van der Waals surface area contributed by atoms with Crippen molar-refractivity contribution in [1.82, 2.24) is 0 Å². The third-order valence-corrected chi connectivity index (χ3v) is 5.72. The van der Waals surface area contributed by atoms with Gasteiger partial charge in [-0.05, 0) is 80.6 Å². The molecule has 0 fully saturated rings. The normalized spacial score (nSPS) is 9.82. The number of nitrogens with zero attached hydrogens (tertiary/aromatic N) is 1. The van der Waals surface area contributed by atoms with E-state index in [-0.39, 0.29) is 19.1 Å². The highest BCUT2D eigenvalue weighted by atomic mass is 79.9. The Morgan fingerprint density at radius 2 is 1.58 bits per heavy atom. The third kappa shape index (κ3) is 11.7. The summed E-state index contributed by atoms with van der Waals surface area (Å²) in [7, 11) is 0. The van der Waals surface area contributed by atoms with Crippen LogP contribution in [0.15, 0.2) is 39.3 Å². The number of unbranched alkanes of at least 4 members (excludes halogenated alkanes) is 1. The van der Waals surface area contributed by atoms with E-state index in [1.54, 1.807) is 18.2 Å². The smallest absolute Gasteiger partial charge is 0.221 e. The van der Waals surface area contributed by atoms with Crippen molar-refractivity contribution in [3.05, 3.63) is 44.8 Å². The van der Waals surface area contributed by atoms with Crippen LogP contribution in [0, 0.1) is 0 Å². The fourth-order valence-corrected chi connectivity index (χ4v) is 4.09. The highest BCUT2D eigenvalue weighted by molar-refractivity contribution is 9.11. The number of halogens is 2. The van der Waals surface area contributed by atoms with Crippen LogP contribution in [0.25, 0.3) is 0 Å². The molecule has 0 aliphatic heterocycles. The topological polar surface area (TPSA) is 125 Å². The van der Waals surface area contributed by atoms with E-state index in [0.717, 1.165) is 26.7 Å². The molecular formula is C24H38Br2N4O3. The minimum Gasteiger partial charge on any atom is -0.397 e. The second-order valence-electron chi connectivity index (χ2n) is 6.96. The molecule has 0 atom stereocenters. The lowest BCUT2D eigenvalue weighted by atomic mass is 10.1. The van der Waals surface area contributed by atoms with Gasteiger partial charge in [-0.2, -0.15) is 0 Å². The second-order valence-corrected chi connectivity index (χ2v) is 8.67. The van der Waals surface area contributed by atoms with Crippen molar-refractivity contribution in [3.63, 3.8) is 0 Å². The first kappa shape index (κ1) is 31.2. The summed E-state index contributed by atoms with van der Waals surface area (Å²) in [5.41, 5.74) is 15.4. The number of nitrogens with two attached hydrogens (primary N) is 2. The van der Waals surface area contributed by atoms with Crippen molar-refractivity contribution >= 4 is 60.5 Å². The molecule has 0 heterocycles. The summed E-state index contributed by atoms with van der Waals surface area (Å²) in [6, 6.07) is 9.38. The van der Waals surface area contributed by atoms with Gasteiger partial charge in [0.25, 0.3) is 0 Å². The Kier molecular flexibility index (Phi) is 16.7. The van der Waals surface area contributed by atoms with Crippen molar-refractivity contribution in [2.45, 2.75) is 47.0 Å². The van der Waals surface area contributed by atoms with Gasteiger partial charge in [-0.3, -0.25) is 4.79 Å². The molecule has 2 rings (SSSR count). The molecule has 2 aromatic rings. The molecule has 0 aliphatic rings. The number of aryl methyl sites for hydroxylation is 1. The van der Waals surface area contributed by atoms with E-state index in [0.29, 0.717) is 24.5 Å². The van der Waals surface area contributed by atoms with E-state index >= 15 is 0 Å². The quantitative estimate of drug-likeness (QED) is 0.257. The van der Waals surface area contributed by atoms with Crippen LogP contribution < -0.4 is 21.7 Å². The van der Waals surface area contributed by atoms with Gasteiger partial charge in [-0.25, -0.2) is 0 Å². The van der Waals surface area contributed by atoms with Crippen molar-refractivity contribution in [2.75, 3.05) is 48.0 Å². The number of nitrogens with one attached hydrogen (secondary N) is 1. The molecule has 0 saturated carbocycles. The SMILES string of the molecule is CC.CC(=O)Nc1cc(N(CCO)CCO)ccc1N.CCCCc1cc(Br)c(N)c(Br)c1.